The van der Waals surface area contributed by atoms with Crippen LogP contribution in [0.4, 0.5) is 0 Å². The Kier molecular flexibility index (Phi) is 101. The van der Waals surface area contributed by atoms with Crippen LogP contribution in [0.5, 0.6) is 0 Å². The van der Waals surface area contributed by atoms with E-state index in [4.69, 9.17) is 0 Å². The van der Waals surface area contributed by atoms with Crippen molar-refractivity contribution in [1.82, 2.24) is 0 Å². The summed E-state index contributed by atoms with van der Waals surface area (Å²) in [5.74, 6) is 0. The third kappa shape index (κ3) is 9.17. The standard InChI is InChI=1S/Ca.2ClH.Rb.3H/h;2*1H;;;;. The molecule has 0 bridgehead atoms. The van der Waals surface area contributed by atoms with Crippen molar-refractivity contribution in [2.24, 2.45) is 0 Å². The quantitative estimate of drug-likeness (QED) is 0.454. The van der Waals surface area contributed by atoms with Crippen LogP contribution in [0.1, 0.15) is 0 Å². The third-order valence-electron chi connectivity index (χ3n) is 0. The van der Waals surface area contributed by atoms with Crippen molar-refractivity contribution in [3.05, 3.63) is 0 Å². The SMILES string of the molecule is Cl.Cl.[CaH2].[RbH]. The number of hydrogen-bond donors (Lipinski definition) is 0. The maximum atomic E-state index is 0. The molecule has 0 spiro atoms. The van der Waals surface area contributed by atoms with Gasteiger partial charge in [0.05, 0.1) is 0 Å². The Morgan fingerprint density at radius 1 is 0.750 bits per heavy atom. The predicted octanol–water partition coefficient (Wildman–Crippen LogP) is -0.721. The van der Waals surface area contributed by atoms with Crippen molar-refractivity contribution in [3.8, 4) is 0 Å². The van der Waals surface area contributed by atoms with Gasteiger partial charge >= 0.3 is 95.9 Å². The summed E-state index contributed by atoms with van der Waals surface area (Å²) in [6, 6.07) is 0. The van der Waals surface area contributed by atoms with Crippen LogP contribution in [0.3, 0.4) is 0 Å². The van der Waals surface area contributed by atoms with Gasteiger partial charge < -0.3 is 0 Å². The molecule has 0 saturated carbocycles. The Labute approximate surface area is 117 Å². The molecule has 0 rings (SSSR count). The molecular weight excluding hydrogens is 196 g/mol. The topological polar surface area (TPSA) is 0 Å². The molecule has 0 unspecified atom stereocenters. The van der Waals surface area contributed by atoms with Crippen LogP contribution < -0.4 is 0 Å². The zero-order valence-electron chi connectivity index (χ0n) is 0.816. The summed E-state index contributed by atoms with van der Waals surface area (Å²) in [7, 11) is 0. The van der Waals surface area contributed by atoms with Gasteiger partial charge in [-0.15, -0.1) is 24.8 Å². The van der Waals surface area contributed by atoms with Crippen LogP contribution in [-0.4, -0.2) is 95.9 Å². The van der Waals surface area contributed by atoms with E-state index in [0.29, 0.717) is 0 Å². The van der Waals surface area contributed by atoms with Gasteiger partial charge in [0.1, 0.15) is 0 Å². The molecular formula is H5CaCl2Rb. The molecule has 0 aromatic heterocycles. The van der Waals surface area contributed by atoms with E-state index in [-0.39, 0.29) is 121 Å². The second-order valence-corrected chi connectivity index (χ2v) is 0. The third-order valence-corrected chi connectivity index (χ3v) is 0. The molecule has 0 aliphatic heterocycles. The average molecular weight is 201 g/mol. The Morgan fingerprint density at radius 2 is 0.750 bits per heavy atom. The molecule has 0 N–H and O–H groups in total. The molecule has 22 valence electrons. The minimum absolute atomic E-state index is 0. The molecule has 0 radical (unpaired) electrons. The summed E-state index contributed by atoms with van der Waals surface area (Å²) >= 11 is 0. The van der Waals surface area contributed by atoms with Gasteiger partial charge in [-0.05, 0) is 0 Å². The summed E-state index contributed by atoms with van der Waals surface area (Å²) < 4.78 is 0. The summed E-state index contributed by atoms with van der Waals surface area (Å²) in [5, 5.41) is 0. The molecule has 0 aliphatic carbocycles. The molecule has 0 aliphatic rings. The van der Waals surface area contributed by atoms with Gasteiger partial charge in [-0.2, -0.15) is 0 Å². The van der Waals surface area contributed by atoms with Crippen molar-refractivity contribution >= 4 is 121 Å². The molecule has 0 saturated heterocycles. The van der Waals surface area contributed by atoms with Gasteiger partial charge in [0, 0.05) is 0 Å². The summed E-state index contributed by atoms with van der Waals surface area (Å²) in [6.07, 6.45) is 0. The fourth-order valence-electron chi connectivity index (χ4n) is 0. The number of hydrogen-bond acceptors (Lipinski definition) is 0. The van der Waals surface area contributed by atoms with Crippen LogP contribution in [-0.2, 0) is 0 Å². The van der Waals surface area contributed by atoms with E-state index in [9.17, 15) is 0 Å². The minimum atomic E-state index is 0. The average Bonchev–Trinajstić information content (AvgIpc) is 0. The summed E-state index contributed by atoms with van der Waals surface area (Å²) in [5.41, 5.74) is 0. The first-order chi connectivity index (χ1) is 0. The molecule has 0 heterocycles. The first-order valence-electron chi connectivity index (χ1n) is 0. The Bertz CT molecular complexity index is 6.00. The second kappa shape index (κ2) is 15.9. The van der Waals surface area contributed by atoms with E-state index in [1.807, 2.05) is 0 Å². The second-order valence-electron chi connectivity index (χ2n) is 0. The van der Waals surface area contributed by atoms with E-state index in [2.05, 4.69) is 0 Å². The zero-order valence-corrected chi connectivity index (χ0v) is 2.45. The van der Waals surface area contributed by atoms with Crippen molar-refractivity contribution in [1.29, 1.82) is 0 Å². The molecule has 4 heavy (non-hydrogen) atoms. The fourth-order valence-corrected chi connectivity index (χ4v) is 0. The Morgan fingerprint density at radius 3 is 0.750 bits per heavy atom. The van der Waals surface area contributed by atoms with Crippen LogP contribution >= 0.6 is 24.8 Å². The van der Waals surface area contributed by atoms with Crippen LogP contribution in [0.15, 0.2) is 0 Å². The van der Waals surface area contributed by atoms with E-state index >= 15 is 0 Å². The molecule has 0 nitrogen and oxygen atoms in total. The fraction of sp³-hybridized carbons (Fsp3) is 0. The van der Waals surface area contributed by atoms with E-state index in [1.165, 1.54) is 0 Å². The molecule has 0 amide bonds. The number of rotatable bonds is 0. The van der Waals surface area contributed by atoms with Crippen molar-refractivity contribution < 1.29 is 0 Å². The van der Waals surface area contributed by atoms with E-state index < -0.39 is 0 Å². The van der Waals surface area contributed by atoms with Gasteiger partial charge in [0.2, 0.25) is 0 Å². The normalized spacial score (nSPS) is 0. The first kappa shape index (κ1) is 25.4. The van der Waals surface area contributed by atoms with Gasteiger partial charge in [-0.25, -0.2) is 0 Å². The molecule has 0 fully saturated rings. The van der Waals surface area contributed by atoms with Gasteiger partial charge in [-0.1, -0.05) is 0 Å². The Hall–Kier alpha value is 3.64. The van der Waals surface area contributed by atoms with Crippen molar-refractivity contribution in [2.45, 2.75) is 0 Å². The molecule has 4 heteroatoms. The van der Waals surface area contributed by atoms with Crippen LogP contribution in [0.25, 0.3) is 0 Å². The van der Waals surface area contributed by atoms with Gasteiger partial charge in [0.25, 0.3) is 0 Å². The molecule has 0 aromatic rings. The van der Waals surface area contributed by atoms with Crippen LogP contribution in [0, 0.1) is 0 Å². The monoisotopic (exact) mass is 200 g/mol. The van der Waals surface area contributed by atoms with Crippen LogP contribution in [0.2, 0.25) is 0 Å². The maximum absolute atomic E-state index is 0. The number of halogens is 2. The molecule has 0 aromatic carbocycles. The zero-order chi connectivity index (χ0) is 0. The van der Waals surface area contributed by atoms with Crippen molar-refractivity contribution in [3.63, 3.8) is 0 Å². The Balaban J connectivity index is 0. The predicted molar refractivity (Wildman–Crippen MR) is 30.2 cm³/mol. The van der Waals surface area contributed by atoms with Gasteiger partial charge in [0.15, 0.2) is 0 Å². The first-order valence-corrected chi connectivity index (χ1v) is 0. The van der Waals surface area contributed by atoms with E-state index in [0.717, 1.165) is 0 Å². The summed E-state index contributed by atoms with van der Waals surface area (Å²) in [6.45, 7) is 0. The van der Waals surface area contributed by atoms with Gasteiger partial charge in [-0.3, -0.25) is 0 Å². The van der Waals surface area contributed by atoms with E-state index in [1.54, 1.807) is 0 Å². The van der Waals surface area contributed by atoms with Crippen molar-refractivity contribution in [2.75, 3.05) is 0 Å². The summed E-state index contributed by atoms with van der Waals surface area (Å²) in [4.78, 5) is 0. The molecule has 0 atom stereocenters.